The van der Waals surface area contributed by atoms with Crippen molar-refractivity contribution in [2.24, 2.45) is 0 Å². The van der Waals surface area contributed by atoms with Crippen LogP contribution in [0.2, 0.25) is 0 Å². The number of nitrogens with zero attached hydrogens (tertiary/aromatic N) is 1. The third-order valence-electron chi connectivity index (χ3n) is 4.59. The van der Waals surface area contributed by atoms with Gasteiger partial charge in [0.25, 0.3) is 0 Å². The minimum Gasteiger partial charge on any atom is -0.343 e. The van der Waals surface area contributed by atoms with Gasteiger partial charge in [0.1, 0.15) is 6.04 Å². The molecule has 1 aromatic rings. The van der Waals surface area contributed by atoms with Crippen molar-refractivity contribution in [3.05, 3.63) is 29.3 Å². The number of carbonyl (C=O) groups excluding carboxylic acids is 2. The number of para-hydroxylation sites is 1. The Morgan fingerprint density at radius 1 is 1.29 bits per heavy atom. The lowest BCUT2D eigenvalue weighted by atomic mass is 10.0. The molecule has 130 valence electrons. The average molecular weight is 441 g/mol. The Labute approximate surface area is 156 Å². The second-order valence-corrected chi connectivity index (χ2v) is 8.76. The number of halogens is 1. The first-order valence-corrected chi connectivity index (χ1v) is 9.77. The summed E-state index contributed by atoms with van der Waals surface area (Å²) in [5.41, 5.74) is 3.25. The number of carbonyl (C=O) groups is 2. The highest BCUT2D eigenvalue weighted by atomic mass is 127. The predicted octanol–water partition coefficient (Wildman–Crippen LogP) is 2.15. The van der Waals surface area contributed by atoms with Crippen LogP contribution in [0.3, 0.4) is 0 Å². The van der Waals surface area contributed by atoms with Crippen molar-refractivity contribution in [1.29, 1.82) is 0 Å². The van der Waals surface area contributed by atoms with E-state index in [9.17, 15) is 9.59 Å². The molecule has 0 saturated carbocycles. The van der Waals surface area contributed by atoms with E-state index in [-0.39, 0.29) is 27.9 Å². The molecule has 0 fully saturated rings. The molecule has 0 bridgehead atoms. The predicted molar refractivity (Wildman–Crippen MR) is 103 cm³/mol. The first-order valence-electron chi connectivity index (χ1n) is 8.52. The summed E-state index contributed by atoms with van der Waals surface area (Å²) in [6, 6.07) is 5.70. The molecule has 2 aliphatic heterocycles. The van der Waals surface area contributed by atoms with Crippen molar-refractivity contribution in [2.45, 2.75) is 62.2 Å². The lowest BCUT2D eigenvalue weighted by Crippen LogP contribution is -2.55. The molecule has 0 saturated heterocycles. The van der Waals surface area contributed by atoms with Crippen LogP contribution in [0.25, 0.3) is 0 Å². The topological polar surface area (TPSA) is 61.4 Å². The van der Waals surface area contributed by atoms with Gasteiger partial charge in [-0.25, -0.2) is 0 Å². The van der Waals surface area contributed by atoms with Gasteiger partial charge in [-0.2, -0.15) is 0 Å². The van der Waals surface area contributed by atoms with Crippen LogP contribution in [-0.4, -0.2) is 34.0 Å². The molecular weight excluding hydrogens is 417 g/mol. The highest BCUT2D eigenvalue weighted by molar-refractivity contribution is 14.1. The van der Waals surface area contributed by atoms with Crippen LogP contribution in [0.1, 0.15) is 38.3 Å². The lowest BCUT2D eigenvalue weighted by Gasteiger charge is -2.29. The molecule has 2 N–H and O–H groups in total. The van der Waals surface area contributed by atoms with Crippen LogP contribution in [0, 0.1) is 0 Å². The summed E-state index contributed by atoms with van der Waals surface area (Å²) in [4.78, 5) is 27.6. The number of benzene rings is 1. The zero-order valence-electron chi connectivity index (χ0n) is 14.3. The number of rotatable bonds is 4. The standard InChI is InChI=1S/C18H24IN3O2/c1-10(2)20-14-8-7-12-5-4-6-13-9-15(17(23)21-11(3)19)22(16(12)13)18(14)24/h4-6,10-11,14-15,20H,7-9H2,1-3H3,(H,21,23)/t11?,14-,15-/m1/s1. The number of nitrogens with one attached hydrogen (secondary N) is 2. The van der Waals surface area contributed by atoms with E-state index in [1.807, 2.05) is 32.9 Å². The van der Waals surface area contributed by atoms with Crippen LogP contribution in [0.15, 0.2) is 18.2 Å². The van der Waals surface area contributed by atoms with Gasteiger partial charge in [-0.3, -0.25) is 14.5 Å². The quantitative estimate of drug-likeness (QED) is 0.428. The van der Waals surface area contributed by atoms with Gasteiger partial charge in [0, 0.05) is 12.5 Å². The maximum atomic E-state index is 13.2. The summed E-state index contributed by atoms with van der Waals surface area (Å²) in [6.45, 7) is 6.02. The summed E-state index contributed by atoms with van der Waals surface area (Å²) in [6.07, 6.45) is 2.21. The van der Waals surface area contributed by atoms with E-state index >= 15 is 0 Å². The van der Waals surface area contributed by atoms with E-state index in [1.165, 1.54) is 5.56 Å². The minimum absolute atomic E-state index is 0.0219. The second kappa shape index (κ2) is 7.00. The Morgan fingerprint density at radius 2 is 2.00 bits per heavy atom. The normalized spacial score (nSPS) is 23.9. The smallest absolute Gasteiger partial charge is 0.244 e. The molecule has 5 nitrogen and oxygen atoms in total. The molecule has 1 unspecified atom stereocenters. The zero-order chi connectivity index (χ0) is 17.4. The Hall–Kier alpha value is -1.15. The zero-order valence-corrected chi connectivity index (χ0v) is 16.5. The van der Waals surface area contributed by atoms with Gasteiger partial charge in [0.2, 0.25) is 11.8 Å². The summed E-state index contributed by atoms with van der Waals surface area (Å²) in [5.74, 6) is -0.0498. The number of anilines is 1. The van der Waals surface area contributed by atoms with Crippen molar-refractivity contribution < 1.29 is 9.59 Å². The van der Waals surface area contributed by atoms with E-state index in [0.717, 1.165) is 24.1 Å². The first kappa shape index (κ1) is 17.7. The van der Waals surface area contributed by atoms with E-state index in [1.54, 1.807) is 4.90 Å². The van der Waals surface area contributed by atoms with Crippen molar-refractivity contribution in [2.75, 3.05) is 4.90 Å². The van der Waals surface area contributed by atoms with Crippen LogP contribution in [0.5, 0.6) is 0 Å². The van der Waals surface area contributed by atoms with Crippen molar-refractivity contribution in [3.63, 3.8) is 0 Å². The van der Waals surface area contributed by atoms with E-state index in [2.05, 4.69) is 39.3 Å². The second-order valence-electron chi connectivity index (χ2n) is 6.89. The molecule has 3 atom stereocenters. The molecule has 24 heavy (non-hydrogen) atoms. The van der Waals surface area contributed by atoms with E-state index < -0.39 is 6.04 Å². The molecule has 1 aromatic carbocycles. The fraction of sp³-hybridized carbons (Fsp3) is 0.556. The molecule has 2 heterocycles. The molecular formula is C18H24IN3O2. The largest absolute Gasteiger partial charge is 0.343 e. The van der Waals surface area contributed by atoms with Crippen molar-refractivity contribution >= 4 is 40.1 Å². The monoisotopic (exact) mass is 441 g/mol. The SMILES string of the molecule is CC(C)N[C@@H]1CCc2cccc3c2N(C1=O)[C@@H](C(=O)NC(C)I)C3. The Morgan fingerprint density at radius 3 is 2.67 bits per heavy atom. The molecule has 0 radical (unpaired) electrons. The number of hydrogen-bond acceptors (Lipinski definition) is 3. The molecule has 2 aliphatic rings. The molecule has 3 rings (SSSR count). The van der Waals surface area contributed by atoms with Crippen LogP contribution < -0.4 is 15.5 Å². The van der Waals surface area contributed by atoms with E-state index in [0.29, 0.717) is 6.42 Å². The highest BCUT2D eigenvalue weighted by Crippen LogP contribution is 2.39. The Balaban J connectivity index is 1.98. The van der Waals surface area contributed by atoms with Crippen LogP contribution in [-0.2, 0) is 22.4 Å². The maximum absolute atomic E-state index is 13.2. The maximum Gasteiger partial charge on any atom is 0.244 e. The minimum atomic E-state index is -0.444. The van der Waals surface area contributed by atoms with Gasteiger partial charge in [-0.15, -0.1) is 0 Å². The molecule has 6 heteroatoms. The van der Waals surface area contributed by atoms with Crippen molar-refractivity contribution in [3.8, 4) is 0 Å². The molecule has 0 aliphatic carbocycles. The van der Waals surface area contributed by atoms with Gasteiger partial charge >= 0.3 is 0 Å². The number of aryl methyl sites for hydroxylation is 1. The van der Waals surface area contributed by atoms with Crippen molar-refractivity contribution in [1.82, 2.24) is 10.6 Å². The number of hydrogen-bond donors (Lipinski definition) is 2. The molecule has 2 amide bonds. The molecule has 0 spiro atoms. The number of alkyl halides is 1. The summed E-state index contributed by atoms with van der Waals surface area (Å²) in [5, 5.41) is 6.33. The number of amides is 2. The summed E-state index contributed by atoms with van der Waals surface area (Å²) >= 11 is 2.17. The Kier molecular flexibility index (Phi) is 5.15. The third-order valence-corrected chi connectivity index (χ3v) is 4.90. The highest BCUT2D eigenvalue weighted by Gasteiger charge is 2.43. The van der Waals surface area contributed by atoms with Crippen LogP contribution in [0.4, 0.5) is 5.69 Å². The fourth-order valence-corrected chi connectivity index (χ4v) is 4.00. The van der Waals surface area contributed by atoms with Gasteiger partial charge in [-0.1, -0.05) is 54.6 Å². The summed E-state index contributed by atoms with van der Waals surface area (Å²) < 4.78 is 0.0324. The summed E-state index contributed by atoms with van der Waals surface area (Å²) in [7, 11) is 0. The van der Waals surface area contributed by atoms with Gasteiger partial charge < -0.3 is 10.6 Å². The lowest BCUT2D eigenvalue weighted by molar-refractivity contribution is -0.127. The van der Waals surface area contributed by atoms with Crippen LogP contribution >= 0.6 is 22.6 Å². The van der Waals surface area contributed by atoms with Gasteiger partial charge in [-0.05, 0) is 30.9 Å². The van der Waals surface area contributed by atoms with Gasteiger partial charge in [0.15, 0.2) is 0 Å². The average Bonchev–Trinajstić information content (AvgIpc) is 2.83. The Bertz CT molecular complexity index is 660. The fourth-order valence-electron chi connectivity index (χ4n) is 3.69. The third kappa shape index (κ3) is 3.31. The molecule has 0 aromatic heterocycles. The first-order chi connectivity index (χ1) is 11.4. The van der Waals surface area contributed by atoms with Gasteiger partial charge in [0.05, 0.1) is 15.8 Å². The van der Waals surface area contributed by atoms with E-state index in [4.69, 9.17) is 0 Å².